The van der Waals surface area contributed by atoms with E-state index in [-0.39, 0.29) is 0 Å². The molecule has 0 atom stereocenters. The molecule has 0 unspecified atom stereocenters. The van der Waals surface area contributed by atoms with Gasteiger partial charge in [0.15, 0.2) is 0 Å². The predicted molar refractivity (Wildman–Crippen MR) is 77.3 cm³/mol. The molecule has 0 bridgehead atoms. The molecule has 18 heavy (non-hydrogen) atoms. The van der Waals surface area contributed by atoms with Crippen LogP contribution in [0.25, 0.3) is 0 Å². The van der Waals surface area contributed by atoms with Crippen molar-refractivity contribution in [2.24, 2.45) is 0 Å². The number of hydrogen-bond acceptors (Lipinski definition) is 3. The van der Waals surface area contributed by atoms with Gasteiger partial charge in [0, 0.05) is 47.1 Å². The molecule has 0 radical (unpaired) electrons. The number of halogens is 1. The molecule has 2 N–H and O–H groups in total. The summed E-state index contributed by atoms with van der Waals surface area (Å²) in [7, 11) is 0. The number of thioether (sulfide) groups is 1. The maximum Gasteiger partial charge on any atom is 0.0921 e. The minimum Gasteiger partial charge on any atom is -0.348 e. The number of rotatable bonds is 7. The zero-order valence-corrected chi connectivity index (χ0v) is 11.6. The number of nitrogens with zero attached hydrogens (tertiary/aromatic N) is 1. The van der Waals surface area contributed by atoms with Gasteiger partial charge in [0.1, 0.15) is 0 Å². The molecular formula is C13H16ClN3S. The molecule has 0 aliphatic carbocycles. The zero-order chi connectivity index (χ0) is 12.6. The molecule has 96 valence electrons. The molecule has 2 aromatic rings. The third-order valence-electron chi connectivity index (χ3n) is 2.49. The summed E-state index contributed by atoms with van der Waals surface area (Å²) in [5.74, 6) is 1.06. The quantitative estimate of drug-likeness (QED) is 0.605. The van der Waals surface area contributed by atoms with Crippen molar-refractivity contribution in [3.63, 3.8) is 0 Å². The van der Waals surface area contributed by atoms with Crippen molar-refractivity contribution in [3.8, 4) is 0 Å². The molecule has 0 saturated carbocycles. The number of aromatic nitrogens is 2. The number of benzene rings is 1. The second kappa shape index (κ2) is 7.46. The first-order valence-electron chi connectivity index (χ1n) is 5.91. The number of imidazole rings is 1. The Morgan fingerprint density at radius 3 is 2.78 bits per heavy atom. The molecule has 2 rings (SSSR count). The summed E-state index contributed by atoms with van der Waals surface area (Å²) < 4.78 is 0. The van der Waals surface area contributed by atoms with E-state index >= 15 is 0 Å². The molecule has 3 nitrogen and oxygen atoms in total. The van der Waals surface area contributed by atoms with E-state index in [2.05, 4.69) is 27.4 Å². The summed E-state index contributed by atoms with van der Waals surface area (Å²) in [6.45, 7) is 1.98. The van der Waals surface area contributed by atoms with E-state index in [1.54, 1.807) is 6.33 Å². The van der Waals surface area contributed by atoms with Gasteiger partial charge in [-0.25, -0.2) is 4.98 Å². The maximum absolute atomic E-state index is 5.83. The smallest absolute Gasteiger partial charge is 0.0921 e. The fraction of sp³-hybridized carbons (Fsp3) is 0.308. The highest BCUT2D eigenvalue weighted by Gasteiger charge is 1.95. The van der Waals surface area contributed by atoms with Crippen LogP contribution in [-0.2, 0) is 6.42 Å². The average molecular weight is 282 g/mol. The largest absolute Gasteiger partial charge is 0.348 e. The van der Waals surface area contributed by atoms with Crippen LogP contribution in [-0.4, -0.2) is 28.8 Å². The van der Waals surface area contributed by atoms with Gasteiger partial charge in [-0.05, 0) is 24.3 Å². The fourth-order valence-electron chi connectivity index (χ4n) is 1.54. The molecule has 0 fully saturated rings. The summed E-state index contributed by atoms with van der Waals surface area (Å²) >= 11 is 7.67. The van der Waals surface area contributed by atoms with Crippen molar-refractivity contribution in [1.29, 1.82) is 0 Å². The van der Waals surface area contributed by atoms with E-state index in [9.17, 15) is 0 Å². The van der Waals surface area contributed by atoms with E-state index in [1.807, 2.05) is 30.1 Å². The number of hydrogen-bond donors (Lipinski definition) is 2. The highest BCUT2D eigenvalue weighted by Crippen LogP contribution is 2.19. The molecule has 1 aromatic carbocycles. The summed E-state index contributed by atoms with van der Waals surface area (Å²) in [6.07, 6.45) is 4.57. The molecular weight excluding hydrogens is 266 g/mol. The predicted octanol–water partition coefficient (Wildman–Crippen LogP) is 2.99. The highest BCUT2D eigenvalue weighted by atomic mass is 35.5. The van der Waals surface area contributed by atoms with Crippen molar-refractivity contribution >= 4 is 23.4 Å². The first-order valence-corrected chi connectivity index (χ1v) is 7.27. The second-order valence-corrected chi connectivity index (χ2v) is 5.48. The lowest BCUT2D eigenvalue weighted by Gasteiger charge is -2.04. The Hall–Kier alpha value is -0.970. The van der Waals surface area contributed by atoms with Gasteiger partial charge in [-0.3, -0.25) is 0 Å². The van der Waals surface area contributed by atoms with Gasteiger partial charge >= 0.3 is 0 Å². The van der Waals surface area contributed by atoms with Crippen LogP contribution in [0.1, 0.15) is 5.69 Å². The minimum absolute atomic E-state index is 0.789. The van der Waals surface area contributed by atoms with E-state index in [1.165, 1.54) is 10.6 Å². The average Bonchev–Trinajstić information content (AvgIpc) is 2.89. The zero-order valence-electron chi connectivity index (χ0n) is 10.0. The monoisotopic (exact) mass is 281 g/mol. The number of nitrogens with one attached hydrogen (secondary N) is 2. The Labute approximate surface area is 116 Å². The number of aromatic amines is 1. The second-order valence-electron chi connectivity index (χ2n) is 3.88. The normalized spacial score (nSPS) is 10.7. The van der Waals surface area contributed by atoms with E-state index in [0.717, 1.165) is 30.3 Å². The van der Waals surface area contributed by atoms with Crippen LogP contribution < -0.4 is 5.32 Å². The lowest BCUT2D eigenvalue weighted by Crippen LogP contribution is -2.20. The van der Waals surface area contributed by atoms with Gasteiger partial charge in [-0.1, -0.05) is 11.6 Å². The van der Waals surface area contributed by atoms with Gasteiger partial charge in [-0.15, -0.1) is 11.8 Å². The highest BCUT2D eigenvalue weighted by molar-refractivity contribution is 7.99. The molecule has 0 spiro atoms. The molecule has 1 aromatic heterocycles. The third-order valence-corrected chi connectivity index (χ3v) is 3.75. The SMILES string of the molecule is Clc1ccc(SCCNCCc2cnc[nH]2)cc1. The van der Waals surface area contributed by atoms with Crippen molar-refractivity contribution in [3.05, 3.63) is 47.5 Å². The Morgan fingerprint density at radius 1 is 1.22 bits per heavy atom. The van der Waals surface area contributed by atoms with Gasteiger partial charge in [0.05, 0.1) is 6.33 Å². The molecule has 0 aliphatic rings. The Kier molecular flexibility index (Phi) is 5.58. The lowest BCUT2D eigenvalue weighted by molar-refractivity contribution is 0.714. The van der Waals surface area contributed by atoms with Crippen LogP contribution in [0.15, 0.2) is 41.7 Å². The van der Waals surface area contributed by atoms with E-state index in [0.29, 0.717) is 0 Å². The maximum atomic E-state index is 5.83. The van der Waals surface area contributed by atoms with Crippen LogP contribution in [0.2, 0.25) is 5.02 Å². The van der Waals surface area contributed by atoms with E-state index in [4.69, 9.17) is 11.6 Å². The first-order chi connectivity index (χ1) is 8.84. The molecule has 0 saturated heterocycles. The first kappa shape index (κ1) is 13.5. The van der Waals surface area contributed by atoms with Gasteiger partial charge in [-0.2, -0.15) is 0 Å². The van der Waals surface area contributed by atoms with Gasteiger partial charge < -0.3 is 10.3 Å². The topological polar surface area (TPSA) is 40.7 Å². The summed E-state index contributed by atoms with van der Waals surface area (Å²) in [6, 6.07) is 7.96. The summed E-state index contributed by atoms with van der Waals surface area (Å²) in [5.41, 5.74) is 1.17. The van der Waals surface area contributed by atoms with Crippen molar-refractivity contribution in [2.45, 2.75) is 11.3 Å². The van der Waals surface area contributed by atoms with E-state index < -0.39 is 0 Å². The van der Waals surface area contributed by atoms with Crippen molar-refractivity contribution < 1.29 is 0 Å². The summed E-state index contributed by atoms with van der Waals surface area (Å²) in [5, 5.41) is 4.20. The third kappa shape index (κ3) is 4.72. The molecule has 1 heterocycles. The van der Waals surface area contributed by atoms with Crippen LogP contribution >= 0.6 is 23.4 Å². The Bertz CT molecular complexity index is 442. The van der Waals surface area contributed by atoms with Crippen LogP contribution in [0.3, 0.4) is 0 Å². The minimum atomic E-state index is 0.789. The molecule has 0 aliphatic heterocycles. The molecule has 0 amide bonds. The lowest BCUT2D eigenvalue weighted by atomic mass is 10.3. The van der Waals surface area contributed by atoms with Crippen LogP contribution in [0.4, 0.5) is 0 Å². The van der Waals surface area contributed by atoms with Crippen LogP contribution in [0.5, 0.6) is 0 Å². The van der Waals surface area contributed by atoms with Crippen molar-refractivity contribution in [2.75, 3.05) is 18.8 Å². The van der Waals surface area contributed by atoms with Gasteiger partial charge in [0.25, 0.3) is 0 Å². The Morgan fingerprint density at radius 2 is 2.06 bits per heavy atom. The Balaban J connectivity index is 1.55. The molecule has 5 heteroatoms. The van der Waals surface area contributed by atoms with Gasteiger partial charge in [0.2, 0.25) is 0 Å². The standard InChI is InChI=1S/C13H16ClN3S/c14-11-1-3-13(4-2-11)18-8-7-15-6-5-12-9-16-10-17-12/h1-4,9-10,15H,5-8H2,(H,16,17). The van der Waals surface area contributed by atoms with Crippen LogP contribution in [0, 0.1) is 0 Å². The van der Waals surface area contributed by atoms with Crippen molar-refractivity contribution in [1.82, 2.24) is 15.3 Å². The summed E-state index contributed by atoms with van der Waals surface area (Å²) in [4.78, 5) is 8.34. The fourth-order valence-corrected chi connectivity index (χ4v) is 2.48. The number of H-pyrrole nitrogens is 1.